The first-order valence-corrected chi connectivity index (χ1v) is 5.93. The van der Waals surface area contributed by atoms with E-state index in [1.165, 1.54) is 24.3 Å². The highest BCUT2D eigenvalue weighted by Crippen LogP contribution is 2.34. The van der Waals surface area contributed by atoms with Gasteiger partial charge in [-0.3, -0.25) is 0 Å². The van der Waals surface area contributed by atoms with Crippen LogP contribution in [-0.4, -0.2) is 14.1 Å². The van der Waals surface area contributed by atoms with Crippen molar-refractivity contribution >= 4 is 5.69 Å². The van der Waals surface area contributed by atoms with E-state index in [2.05, 4.69) is 0 Å². The van der Waals surface area contributed by atoms with Crippen molar-refractivity contribution in [1.29, 1.82) is 0 Å². The SMILES string of the molecule is CN(C)c1cc(F)ccc1-c1ccc(C(F)(F)F)cc1. The normalized spacial score (nSPS) is 11.5. The fraction of sp³-hybridized carbons (Fsp3) is 0.200. The zero-order valence-electron chi connectivity index (χ0n) is 11.0. The summed E-state index contributed by atoms with van der Waals surface area (Å²) in [5, 5.41) is 0. The van der Waals surface area contributed by atoms with Gasteiger partial charge in [0.15, 0.2) is 0 Å². The predicted molar refractivity (Wildman–Crippen MR) is 71.2 cm³/mol. The molecular formula is C15H13F4N. The maximum Gasteiger partial charge on any atom is 0.416 e. The first-order chi connectivity index (χ1) is 9.29. The molecule has 5 heteroatoms. The lowest BCUT2D eigenvalue weighted by atomic mass is 10.0. The van der Waals surface area contributed by atoms with E-state index in [0.29, 0.717) is 16.8 Å². The molecule has 0 aromatic heterocycles. The lowest BCUT2D eigenvalue weighted by Crippen LogP contribution is -2.10. The Labute approximate surface area is 114 Å². The molecule has 0 bridgehead atoms. The minimum absolute atomic E-state index is 0.385. The molecule has 0 saturated heterocycles. The van der Waals surface area contributed by atoms with E-state index >= 15 is 0 Å². The summed E-state index contributed by atoms with van der Waals surface area (Å²) in [7, 11) is 3.50. The van der Waals surface area contributed by atoms with E-state index in [1.54, 1.807) is 25.1 Å². The molecule has 106 valence electrons. The quantitative estimate of drug-likeness (QED) is 0.729. The van der Waals surface area contributed by atoms with Gasteiger partial charge in [-0.2, -0.15) is 13.2 Å². The summed E-state index contributed by atoms with van der Waals surface area (Å²) in [5.41, 5.74) is 1.21. The average molecular weight is 283 g/mol. The van der Waals surface area contributed by atoms with Gasteiger partial charge in [0.1, 0.15) is 5.82 Å². The number of halogens is 4. The Bertz CT molecular complexity index is 600. The zero-order chi connectivity index (χ0) is 14.9. The van der Waals surface area contributed by atoms with Gasteiger partial charge in [-0.25, -0.2) is 4.39 Å². The number of nitrogens with zero attached hydrogens (tertiary/aromatic N) is 1. The van der Waals surface area contributed by atoms with E-state index in [1.807, 2.05) is 0 Å². The van der Waals surface area contributed by atoms with Crippen molar-refractivity contribution < 1.29 is 17.6 Å². The van der Waals surface area contributed by atoms with Gasteiger partial charge in [-0.05, 0) is 35.9 Å². The molecule has 0 amide bonds. The Morgan fingerprint density at radius 1 is 0.900 bits per heavy atom. The molecular weight excluding hydrogens is 270 g/mol. The van der Waals surface area contributed by atoms with Crippen molar-refractivity contribution in [2.75, 3.05) is 19.0 Å². The molecule has 2 rings (SSSR count). The summed E-state index contributed by atoms with van der Waals surface area (Å²) in [4.78, 5) is 1.72. The molecule has 2 aromatic carbocycles. The van der Waals surface area contributed by atoms with E-state index in [9.17, 15) is 17.6 Å². The molecule has 0 radical (unpaired) electrons. The lowest BCUT2D eigenvalue weighted by molar-refractivity contribution is -0.137. The first-order valence-electron chi connectivity index (χ1n) is 5.93. The van der Waals surface area contributed by atoms with E-state index in [4.69, 9.17) is 0 Å². The van der Waals surface area contributed by atoms with Crippen LogP contribution in [0.25, 0.3) is 11.1 Å². The van der Waals surface area contributed by atoms with E-state index in [0.717, 1.165) is 12.1 Å². The fourth-order valence-corrected chi connectivity index (χ4v) is 1.96. The molecule has 1 nitrogen and oxygen atoms in total. The fourth-order valence-electron chi connectivity index (χ4n) is 1.96. The number of rotatable bonds is 2. The van der Waals surface area contributed by atoms with E-state index < -0.39 is 11.7 Å². The Hall–Kier alpha value is -2.04. The smallest absolute Gasteiger partial charge is 0.377 e. The highest BCUT2D eigenvalue weighted by atomic mass is 19.4. The van der Waals surface area contributed by atoms with Crippen molar-refractivity contribution in [2.45, 2.75) is 6.18 Å². The molecule has 2 aromatic rings. The van der Waals surface area contributed by atoms with E-state index in [-0.39, 0.29) is 5.82 Å². The molecule has 0 spiro atoms. The lowest BCUT2D eigenvalue weighted by Gasteiger charge is -2.18. The third-order valence-corrected chi connectivity index (χ3v) is 2.96. The summed E-state index contributed by atoms with van der Waals surface area (Å²) in [6.45, 7) is 0. The highest BCUT2D eigenvalue weighted by Gasteiger charge is 2.30. The number of hydrogen-bond donors (Lipinski definition) is 0. The topological polar surface area (TPSA) is 3.24 Å². The molecule has 0 aliphatic carbocycles. The third kappa shape index (κ3) is 2.92. The average Bonchev–Trinajstić information content (AvgIpc) is 2.37. The Morgan fingerprint density at radius 3 is 2.00 bits per heavy atom. The summed E-state index contributed by atoms with van der Waals surface area (Å²) >= 11 is 0. The predicted octanol–water partition coefficient (Wildman–Crippen LogP) is 4.58. The minimum Gasteiger partial charge on any atom is -0.377 e. The third-order valence-electron chi connectivity index (χ3n) is 2.96. The monoisotopic (exact) mass is 283 g/mol. The Balaban J connectivity index is 2.47. The number of hydrogen-bond acceptors (Lipinski definition) is 1. The summed E-state index contributed by atoms with van der Waals surface area (Å²) in [5.74, 6) is -0.385. The van der Waals surface area contributed by atoms with Gasteiger partial charge in [-0.15, -0.1) is 0 Å². The van der Waals surface area contributed by atoms with Crippen molar-refractivity contribution in [3.8, 4) is 11.1 Å². The van der Waals surface area contributed by atoms with Crippen LogP contribution in [0.1, 0.15) is 5.56 Å². The molecule has 0 heterocycles. The van der Waals surface area contributed by atoms with Gasteiger partial charge >= 0.3 is 6.18 Å². The molecule has 0 unspecified atom stereocenters. The molecule has 0 aliphatic rings. The van der Waals surface area contributed by atoms with Crippen LogP contribution in [0.2, 0.25) is 0 Å². The minimum atomic E-state index is -4.36. The molecule has 0 fully saturated rings. The van der Waals surface area contributed by atoms with Crippen LogP contribution in [0.5, 0.6) is 0 Å². The van der Waals surface area contributed by atoms with Crippen molar-refractivity contribution in [3.63, 3.8) is 0 Å². The standard InChI is InChI=1S/C15H13F4N/c1-20(2)14-9-12(16)7-8-13(14)10-3-5-11(6-4-10)15(17,18)19/h3-9H,1-2H3. The second-order valence-corrected chi connectivity index (χ2v) is 4.63. The van der Waals surface area contributed by atoms with Gasteiger partial charge in [-0.1, -0.05) is 12.1 Å². The largest absolute Gasteiger partial charge is 0.416 e. The summed E-state index contributed by atoms with van der Waals surface area (Å²) < 4.78 is 50.8. The number of alkyl halides is 3. The first kappa shape index (κ1) is 14.4. The van der Waals surface area contributed by atoms with Crippen LogP contribution in [-0.2, 0) is 6.18 Å². The van der Waals surface area contributed by atoms with Gasteiger partial charge in [0, 0.05) is 25.3 Å². The summed E-state index contributed by atoms with van der Waals surface area (Å²) in [6.07, 6.45) is -4.36. The van der Waals surface area contributed by atoms with Crippen LogP contribution < -0.4 is 4.90 Å². The molecule has 0 N–H and O–H groups in total. The van der Waals surface area contributed by atoms with Crippen molar-refractivity contribution in [3.05, 3.63) is 53.8 Å². The molecule has 0 saturated carbocycles. The maximum atomic E-state index is 13.3. The zero-order valence-corrected chi connectivity index (χ0v) is 11.0. The van der Waals surface area contributed by atoms with Crippen LogP contribution in [0.15, 0.2) is 42.5 Å². The Kier molecular flexibility index (Phi) is 3.70. The van der Waals surface area contributed by atoms with Gasteiger partial charge in [0.05, 0.1) is 5.56 Å². The highest BCUT2D eigenvalue weighted by molar-refractivity contribution is 5.78. The molecule has 0 aliphatic heterocycles. The Morgan fingerprint density at radius 2 is 1.50 bits per heavy atom. The summed E-state index contributed by atoms with van der Waals surface area (Å²) in [6, 6.07) is 9.04. The number of benzene rings is 2. The second kappa shape index (κ2) is 5.15. The molecule has 20 heavy (non-hydrogen) atoms. The molecule has 0 atom stereocenters. The number of anilines is 1. The van der Waals surface area contributed by atoms with Crippen LogP contribution in [0, 0.1) is 5.82 Å². The van der Waals surface area contributed by atoms with Gasteiger partial charge in [0.25, 0.3) is 0 Å². The van der Waals surface area contributed by atoms with Gasteiger partial charge in [0.2, 0.25) is 0 Å². The van der Waals surface area contributed by atoms with Crippen molar-refractivity contribution in [2.24, 2.45) is 0 Å². The van der Waals surface area contributed by atoms with Crippen LogP contribution in [0.3, 0.4) is 0 Å². The second-order valence-electron chi connectivity index (χ2n) is 4.63. The van der Waals surface area contributed by atoms with Crippen molar-refractivity contribution in [1.82, 2.24) is 0 Å². The maximum absolute atomic E-state index is 13.3. The van der Waals surface area contributed by atoms with Crippen LogP contribution >= 0.6 is 0 Å². The van der Waals surface area contributed by atoms with Gasteiger partial charge < -0.3 is 4.90 Å². The van der Waals surface area contributed by atoms with Crippen LogP contribution in [0.4, 0.5) is 23.2 Å².